The van der Waals surface area contributed by atoms with Crippen LogP contribution in [0.1, 0.15) is 0 Å². The number of hydrogen-bond acceptors (Lipinski definition) is 4. The third-order valence-electron chi connectivity index (χ3n) is 2.39. The number of halogens is 2. The molecule has 0 aliphatic carbocycles. The van der Waals surface area contributed by atoms with Crippen molar-refractivity contribution < 1.29 is 0 Å². The molecule has 0 saturated carbocycles. The van der Waals surface area contributed by atoms with Crippen LogP contribution >= 0.6 is 27.5 Å². The Kier molecular flexibility index (Phi) is 4.04. The maximum Gasteiger partial charge on any atom is 0.149 e. The van der Waals surface area contributed by atoms with Crippen LogP contribution in [0.5, 0.6) is 0 Å². The van der Waals surface area contributed by atoms with Crippen molar-refractivity contribution >= 4 is 44.7 Å². The van der Waals surface area contributed by atoms with Gasteiger partial charge in [-0.3, -0.25) is 0 Å². The van der Waals surface area contributed by atoms with Crippen LogP contribution in [0.15, 0.2) is 35.1 Å². The molecule has 1 heterocycles. The summed E-state index contributed by atoms with van der Waals surface area (Å²) < 4.78 is 0.656. The highest BCUT2D eigenvalue weighted by atomic mass is 79.9. The predicted molar refractivity (Wildman–Crippen MR) is 78.8 cm³/mol. The first-order chi connectivity index (χ1) is 8.58. The van der Waals surface area contributed by atoms with E-state index in [2.05, 4.69) is 31.2 Å². The van der Waals surface area contributed by atoms with Crippen LogP contribution in [0, 0.1) is 0 Å². The van der Waals surface area contributed by atoms with Gasteiger partial charge in [0.1, 0.15) is 17.3 Å². The van der Waals surface area contributed by atoms with Crippen LogP contribution in [-0.4, -0.2) is 24.1 Å². The summed E-state index contributed by atoms with van der Waals surface area (Å²) in [6.45, 7) is 0. The van der Waals surface area contributed by atoms with Gasteiger partial charge < -0.3 is 10.2 Å². The Hall–Kier alpha value is -1.33. The molecule has 2 aromatic rings. The zero-order valence-electron chi connectivity index (χ0n) is 9.98. The molecular formula is C12H12BrClN4. The first-order valence-electron chi connectivity index (χ1n) is 5.28. The molecule has 6 heteroatoms. The van der Waals surface area contributed by atoms with Crippen molar-refractivity contribution in [1.82, 2.24) is 9.97 Å². The zero-order chi connectivity index (χ0) is 13.1. The Morgan fingerprint density at radius 1 is 1.17 bits per heavy atom. The van der Waals surface area contributed by atoms with E-state index < -0.39 is 0 Å². The summed E-state index contributed by atoms with van der Waals surface area (Å²) in [6.07, 6.45) is 1.42. The van der Waals surface area contributed by atoms with Crippen LogP contribution in [0.25, 0.3) is 0 Å². The van der Waals surface area contributed by atoms with Gasteiger partial charge in [-0.05, 0) is 40.2 Å². The molecule has 1 aromatic heterocycles. The third-order valence-corrected chi connectivity index (χ3v) is 3.66. The number of aromatic nitrogens is 2. The van der Waals surface area contributed by atoms with Gasteiger partial charge in [-0.15, -0.1) is 0 Å². The molecule has 0 amide bonds. The van der Waals surface area contributed by atoms with Gasteiger partial charge in [-0.2, -0.15) is 0 Å². The molecule has 2 rings (SSSR count). The Bertz CT molecular complexity index is 542. The summed E-state index contributed by atoms with van der Waals surface area (Å²) in [5.41, 5.74) is 2.08. The van der Waals surface area contributed by atoms with Gasteiger partial charge in [-0.1, -0.05) is 11.6 Å². The molecule has 0 saturated heterocycles. The average molecular weight is 328 g/mol. The number of nitrogens with one attached hydrogen (secondary N) is 1. The summed E-state index contributed by atoms with van der Waals surface area (Å²) >= 11 is 9.25. The van der Waals surface area contributed by atoms with E-state index >= 15 is 0 Å². The highest BCUT2D eigenvalue weighted by molar-refractivity contribution is 9.10. The third kappa shape index (κ3) is 2.91. The van der Waals surface area contributed by atoms with Gasteiger partial charge in [0.25, 0.3) is 0 Å². The standard InChI is InChI=1S/C12H12BrClN4/c1-18(2)9-5-3-8(4-6-9)17-12-10(13)11(14)15-7-16-12/h3-7H,1-2H3,(H,15,16,17). The quantitative estimate of drug-likeness (QED) is 0.873. The SMILES string of the molecule is CN(C)c1ccc(Nc2ncnc(Cl)c2Br)cc1. The van der Waals surface area contributed by atoms with E-state index in [1.54, 1.807) is 0 Å². The van der Waals surface area contributed by atoms with Gasteiger partial charge in [-0.25, -0.2) is 9.97 Å². The maximum atomic E-state index is 5.90. The minimum atomic E-state index is 0.386. The van der Waals surface area contributed by atoms with Crippen molar-refractivity contribution in [2.24, 2.45) is 0 Å². The number of rotatable bonds is 3. The first-order valence-corrected chi connectivity index (χ1v) is 6.45. The molecule has 94 valence electrons. The highest BCUT2D eigenvalue weighted by Gasteiger charge is 2.06. The van der Waals surface area contributed by atoms with Gasteiger partial charge in [0.15, 0.2) is 0 Å². The van der Waals surface area contributed by atoms with E-state index in [0.29, 0.717) is 15.4 Å². The van der Waals surface area contributed by atoms with Gasteiger partial charge in [0.05, 0.1) is 4.47 Å². The van der Waals surface area contributed by atoms with Crippen molar-refractivity contribution in [3.8, 4) is 0 Å². The van der Waals surface area contributed by atoms with Crippen LogP contribution in [0.3, 0.4) is 0 Å². The topological polar surface area (TPSA) is 41.0 Å². The normalized spacial score (nSPS) is 10.2. The van der Waals surface area contributed by atoms with Gasteiger partial charge in [0, 0.05) is 25.5 Å². The number of anilines is 3. The largest absolute Gasteiger partial charge is 0.378 e. The molecule has 0 unspecified atom stereocenters. The Labute approximate surface area is 119 Å². The molecular weight excluding hydrogens is 316 g/mol. The van der Waals surface area contributed by atoms with E-state index in [1.807, 2.05) is 43.3 Å². The van der Waals surface area contributed by atoms with Crippen molar-refractivity contribution in [2.75, 3.05) is 24.3 Å². The van der Waals surface area contributed by atoms with Gasteiger partial charge in [0.2, 0.25) is 0 Å². The lowest BCUT2D eigenvalue weighted by Crippen LogP contribution is -2.08. The summed E-state index contributed by atoms with van der Waals surface area (Å²) in [7, 11) is 4.01. The van der Waals surface area contributed by atoms with Crippen LogP contribution in [0.2, 0.25) is 5.15 Å². The van der Waals surface area contributed by atoms with Crippen molar-refractivity contribution in [3.63, 3.8) is 0 Å². The van der Waals surface area contributed by atoms with Crippen molar-refractivity contribution in [1.29, 1.82) is 0 Å². The monoisotopic (exact) mass is 326 g/mol. The Morgan fingerprint density at radius 2 is 1.83 bits per heavy atom. The van der Waals surface area contributed by atoms with E-state index in [-0.39, 0.29) is 0 Å². The smallest absolute Gasteiger partial charge is 0.149 e. The zero-order valence-corrected chi connectivity index (χ0v) is 12.3. The number of benzene rings is 1. The summed E-state index contributed by atoms with van der Waals surface area (Å²) in [5, 5.41) is 3.56. The summed E-state index contributed by atoms with van der Waals surface area (Å²) in [5.74, 6) is 0.646. The van der Waals surface area contributed by atoms with Crippen LogP contribution < -0.4 is 10.2 Å². The molecule has 0 fully saturated rings. The molecule has 0 radical (unpaired) electrons. The predicted octanol–water partition coefficient (Wildman–Crippen LogP) is 3.70. The highest BCUT2D eigenvalue weighted by Crippen LogP contribution is 2.28. The fourth-order valence-corrected chi connectivity index (χ4v) is 1.85. The molecule has 0 aliphatic heterocycles. The van der Waals surface area contributed by atoms with E-state index in [4.69, 9.17) is 11.6 Å². The lowest BCUT2D eigenvalue weighted by molar-refractivity contribution is 1.13. The van der Waals surface area contributed by atoms with E-state index in [9.17, 15) is 0 Å². The molecule has 4 nitrogen and oxygen atoms in total. The molecule has 0 aliphatic rings. The molecule has 1 aromatic carbocycles. The van der Waals surface area contributed by atoms with E-state index in [0.717, 1.165) is 11.4 Å². The second-order valence-corrected chi connectivity index (χ2v) is 5.04. The van der Waals surface area contributed by atoms with E-state index in [1.165, 1.54) is 6.33 Å². The Balaban J connectivity index is 2.21. The Morgan fingerprint density at radius 3 is 2.44 bits per heavy atom. The molecule has 0 bridgehead atoms. The maximum absolute atomic E-state index is 5.90. The second-order valence-electron chi connectivity index (χ2n) is 3.89. The second kappa shape index (κ2) is 5.54. The summed E-state index contributed by atoms with van der Waals surface area (Å²) in [4.78, 5) is 10.0. The number of nitrogens with zero attached hydrogens (tertiary/aromatic N) is 3. The van der Waals surface area contributed by atoms with Crippen molar-refractivity contribution in [3.05, 3.63) is 40.2 Å². The first kappa shape index (κ1) is 13.1. The minimum absolute atomic E-state index is 0.386. The van der Waals surface area contributed by atoms with Crippen molar-refractivity contribution in [2.45, 2.75) is 0 Å². The molecule has 18 heavy (non-hydrogen) atoms. The lowest BCUT2D eigenvalue weighted by atomic mass is 10.2. The van der Waals surface area contributed by atoms with Gasteiger partial charge >= 0.3 is 0 Å². The summed E-state index contributed by atoms with van der Waals surface area (Å²) in [6, 6.07) is 8.02. The lowest BCUT2D eigenvalue weighted by Gasteiger charge is -2.13. The molecule has 0 atom stereocenters. The fourth-order valence-electron chi connectivity index (χ4n) is 1.42. The fraction of sp³-hybridized carbons (Fsp3) is 0.167. The minimum Gasteiger partial charge on any atom is -0.378 e. The molecule has 1 N–H and O–H groups in total. The van der Waals surface area contributed by atoms with Crippen LogP contribution in [0.4, 0.5) is 17.2 Å². The molecule has 0 spiro atoms. The average Bonchev–Trinajstić information content (AvgIpc) is 2.36. The van der Waals surface area contributed by atoms with Crippen LogP contribution in [-0.2, 0) is 0 Å². The number of hydrogen-bond donors (Lipinski definition) is 1.